The molecule has 0 atom stereocenters. The number of carboxylic acid groups (broad SMARTS) is 2. The molecular formula is C12H9NO4. The number of aliphatic carboxylic acids is 1. The van der Waals surface area contributed by atoms with Crippen LogP contribution in [0.5, 0.6) is 0 Å². The van der Waals surface area contributed by atoms with Crippen LogP contribution >= 0.6 is 0 Å². The average Bonchev–Trinajstić information content (AvgIpc) is 2.25. The van der Waals surface area contributed by atoms with Crippen LogP contribution in [0.4, 0.5) is 0 Å². The van der Waals surface area contributed by atoms with Gasteiger partial charge in [-0.2, -0.15) is 5.26 Å². The molecule has 1 aromatic rings. The Morgan fingerprint density at radius 1 is 1.35 bits per heavy atom. The third-order valence-electron chi connectivity index (χ3n) is 2.09. The quantitative estimate of drug-likeness (QED) is 0.609. The molecule has 0 heterocycles. The minimum Gasteiger partial charge on any atom is -0.478 e. The highest BCUT2D eigenvalue weighted by Crippen LogP contribution is 2.15. The molecule has 5 nitrogen and oxygen atoms in total. The van der Waals surface area contributed by atoms with Gasteiger partial charge < -0.3 is 10.2 Å². The van der Waals surface area contributed by atoms with E-state index in [0.29, 0.717) is 0 Å². The van der Waals surface area contributed by atoms with Crippen molar-refractivity contribution in [2.24, 2.45) is 0 Å². The van der Waals surface area contributed by atoms with E-state index in [1.165, 1.54) is 18.2 Å². The minimum absolute atomic E-state index is 0.0374. The molecule has 0 spiro atoms. The fraction of sp³-hybridized carbons (Fsp3) is 0.0833. The topological polar surface area (TPSA) is 98.4 Å². The van der Waals surface area contributed by atoms with Gasteiger partial charge in [-0.15, -0.1) is 0 Å². The second-order valence-corrected chi connectivity index (χ2v) is 3.37. The van der Waals surface area contributed by atoms with Crippen molar-refractivity contribution < 1.29 is 19.8 Å². The summed E-state index contributed by atoms with van der Waals surface area (Å²) in [7, 11) is 0. The first kappa shape index (κ1) is 12.5. The highest BCUT2D eigenvalue weighted by Gasteiger charge is 2.12. The Hall–Kier alpha value is -2.61. The molecule has 0 aliphatic heterocycles. The van der Waals surface area contributed by atoms with Crippen molar-refractivity contribution in [3.05, 3.63) is 40.5 Å². The lowest BCUT2D eigenvalue weighted by atomic mass is 10.0. The summed E-state index contributed by atoms with van der Waals surface area (Å²) in [6.07, 6.45) is 1.05. The molecule has 5 heteroatoms. The molecule has 0 saturated carbocycles. The van der Waals surface area contributed by atoms with Crippen LogP contribution in [0, 0.1) is 18.3 Å². The van der Waals surface area contributed by atoms with Gasteiger partial charge in [0, 0.05) is 0 Å². The smallest absolute Gasteiger partial charge is 0.346 e. The number of hydrogen-bond donors (Lipinski definition) is 2. The van der Waals surface area contributed by atoms with Crippen molar-refractivity contribution in [1.82, 2.24) is 0 Å². The first-order valence-corrected chi connectivity index (χ1v) is 4.64. The number of aryl methyl sites for hydroxylation is 1. The molecule has 86 valence electrons. The maximum atomic E-state index is 10.9. The van der Waals surface area contributed by atoms with Crippen LogP contribution in [-0.4, -0.2) is 22.2 Å². The zero-order chi connectivity index (χ0) is 13.0. The van der Waals surface area contributed by atoms with E-state index in [1.54, 1.807) is 13.0 Å². The second kappa shape index (κ2) is 4.94. The molecule has 1 rings (SSSR count). The average molecular weight is 231 g/mol. The van der Waals surface area contributed by atoms with E-state index >= 15 is 0 Å². The van der Waals surface area contributed by atoms with Crippen molar-refractivity contribution in [2.45, 2.75) is 6.92 Å². The number of aromatic carboxylic acids is 1. The number of hydrogen-bond acceptors (Lipinski definition) is 3. The Morgan fingerprint density at radius 2 is 2.00 bits per heavy atom. The molecule has 0 amide bonds. The Morgan fingerprint density at radius 3 is 2.47 bits per heavy atom. The van der Waals surface area contributed by atoms with Crippen molar-refractivity contribution >= 4 is 18.0 Å². The highest BCUT2D eigenvalue weighted by atomic mass is 16.4. The van der Waals surface area contributed by atoms with Crippen molar-refractivity contribution in [3.8, 4) is 6.07 Å². The third kappa shape index (κ3) is 2.92. The predicted molar refractivity (Wildman–Crippen MR) is 59.4 cm³/mol. The molecule has 0 radical (unpaired) electrons. The molecule has 17 heavy (non-hydrogen) atoms. The fourth-order valence-electron chi connectivity index (χ4n) is 1.29. The molecular weight excluding hydrogens is 222 g/mol. The summed E-state index contributed by atoms with van der Waals surface area (Å²) >= 11 is 0. The zero-order valence-electron chi connectivity index (χ0n) is 8.97. The minimum atomic E-state index is -1.38. The van der Waals surface area contributed by atoms with Gasteiger partial charge in [0.25, 0.3) is 0 Å². The fourth-order valence-corrected chi connectivity index (χ4v) is 1.29. The third-order valence-corrected chi connectivity index (χ3v) is 2.09. The van der Waals surface area contributed by atoms with Gasteiger partial charge in [-0.25, -0.2) is 9.59 Å². The SMILES string of the molecule is Cc1ccc(C(=O)O)c(/C=C(/C#N)C(=O)O)c1. The molecule has 0 aliphatic rings. The number of carboxylic acids is 2. The maximum absolute atomic E-state index is 10.9. The summed E-state index contributed by atoms with van der Waals surface area (Å²) in [6, 6.07) is 6.00. The van der Waals surface area contributed by atoms with Crippen LogP contribution in [0.25, 0.3) is 6.08 Å². The van der Waals surface area contributed by atoms with Crippen molar-refractivity contribution in [3.63, 3.8) is 0 Å². The first-order chi connectivity index (χ1) is 7.95. The Labute approximate surface area is 97.2 Å². The molecule has 2 N–H and O–H groups in total. The molecule has 0 fully saturated rings. The maximum Gasteiger partial charge on any atom is 0.346 e. The molecule has 1 aromatic carbocycles. The van der Waals surface area contributed by atoms with Gasteiger partial charge in [0.05, 0.1) is 5.56 Å². The monoisotopic (exact) mass is 231 g/mol. The van der Waals surface area contributed by atoms with Gasteiger partial charge in [0.15, 0.2) is 0 Å². The van der Waals surface area contributed by atoms with E-state index in [-0.39, 0.29) is 11.1 Å². The van der Waals surface area contributed by atoms with Crippen LogP contribution in [0.1, 0.15) is 21.5 Å². The van der Waals surface area contributed by atoms with Crippen molar-refractivity contribution in [2.75, 3.05) is 0 Å². The standard InChI is InChI=1S/C12H9NO4/c1-7-2-3-10(12(16)17)8(4-7)5-9(6-13)11(14)15/h2-5H,1H3,(H,14,15)(H,16,17)/b9-5-. The lowest BCUT2D eigenvalue weighted by molar-refractivity contribution is -0.132. The normalized spacial score (nSPS) is 10.7. The largest absolute Gasteiger partial charge is 0.478 e. The van der Waals surface area contributed by atoms with E-state index in [2.05, 4.69) is 0 Å². The second-order valence-electron chi connectivity index (χ2n) is 3.37. The Bertz CT molecular complexity index is 552. The predicted octanol–water partition coefficient (Wildman–Crippen LogP) is 1.68. The first-order valence-electron chi connectivity index (χ1n) is 4.64. The summed E-state index contributed by atoms with van der Waals surface area (Å²) in [5.74, 6) is -2.55. The van der Waals surface area contributed by atoms with Gasteiger partial charge in [0.2, 0.25) is 0 Å². The number of nitriles is 1. The van der Waals surface area contributed by atoms with Gasteiger partial charge in [-0.05, 0) is 24.6 Å². The van der Waals surface area contributed by atoms with Crippen LogP contribution in [0.15, 0.2) is 23.8 Å². The Balaban J connectivity index is 3.40. The molecule has 0 aromatic heterocycles. The van der Waals surface area contributed by atoms with E-state index < -0.39 is 17.5 Å². The summed E-state index contributed by atoms with van der Waals surface area (Å²) < 4.78 is 0. The van der Waals surface area contributed by atoms with Crippen LogP contribution in [0.3, 0.4) is 0 Å². The summed E-state index contributed by atoms with van der Waals surface area (Å²) in [5.41, 5.74) is 0.447. The van der Waals surface area contributed by atoms with E-state index in [9.17, 15) is 9.59 Å². The van der Waals surface area contributed by atoms with Crippen LogP contribution < -0.4 is 0 Å². The number of carbonyl (C=O) groups is 2. The summed E-state index contributed by atoms with van der Waals surface area (Å²) in [4.78, 5) is 21.6. The van der Waals surface area contributed by atoms with E-state index in [1.807, 2.05) is 0 Å². The molecule has 0 bridgehead atoms. The number of nitrogens with zero attached hydrogens (tertiary/aromatic N) is 1. The Kier molecular flexibility index (Phi) is 3.62. The van der Waals surface area contributed by atoms with Crippen LogP contribution in [0.2, 0.25) is 0 Å². The summed E-state index contributed by atoms with van der Waals surface area (Å²) in [6.45, 7) is 1.75. The lowest BCUT2D eigenvalue weighted by Gasteiger charge is -2.02. The van der Waals surface area contributed by atoms with Gasteiger partial charge in [-0.3, -0.25) is 0 Å². The molecule has 0 saturated heterocycles. The van der Waals surface area contributed by atoms with Gasteiger partial charge >= 0.3 is 11.9 Å². The zero-order valence-corrected chi connectivity index (χ0v) is 8.97. The lowest BCUT2D eigenvalue weighted by Crippen LogP contribution is -2.02. The van der Waals surface area contributed by atoms with Crippen molar-refractivity contribution in [1.29, 1.82) is 5.26 Å². The number of benzene rings is 1. The van der Waals surface area contributed by atoms with Gasteiger partial charge in [-0.1, -0.05) is 17.7 Å². The van der Waals surface area contributed by atoms with Gasteiger partial charge in [0.1, 0.15) is 11.6 Å². The molecule has 0 unspecified atom stereocenters. The van der Waals surface area contributed by atoms with E-state index in [0.717, 1.165) is 11.6 Å². The van der Waals surface area contributed by atoms with Crippen LogP contribution in [-0.2, 0) is 4.79 Å². The summed E-state index contributed by atoms with van der Waals surface area (Å²) in [5, 5.41) is 26.2. The highest BCUT2D eigenvalue weighted by molar-refractivity contribution is 5.99. The molecule has 0 aliphatic carbocycles. The number of rotatable bonds is 3. The van der Waals surface area contributed by atoms with E-state index in [4.69, 9.17) is 15.5 Å².